The molecule has 0 aliphatic heterocycles. The van der Waals surface area contributed by atoms with Crippen LogP contribution in [0.4, 0.5) is 11.5 Å². The van der Waals surface area contributed by atoms with E-state index in [1.807, 2.05) is 0 Å². The predicted octanol–water partition coefficient (Wildman–Crippen LogP) is 3.17. The van der Waals surface area contributed by atoms with Crippen LogP contribution in [0.2, 0.25) is 5.02 Å². The number of carbonyl (C=O) groups is 1. The zero-order valence-electron chi connectivity index (χ0n) is 12.0. The fourth-order valence-electron chi connectivity index (χ4n) is 1.95. The molecule has 7 nitrogen and oxygen atoms in total. The van der Waals surface area contributed by atoms with E-state index in [-0.39, 0.29) is 11.7 Å². The number of anilines is 1. The second-order valence-electron chi connectivity index (χ2n) is 4.78. The zero-order valence-corrected chi connectivity index (χ0v) is 12.7. The molecule has 8 heteroatoms. The van der Waals surface area contributed by atoms with Crippen molar-refractivity contribution in [2.45, 2.75) is 26.3 Å². The van der Waals surface area contributed by atoms with Crippen LogP contribution >= 0.6 is 11.6 Å². The maximum Gasteiger partial charge on any atom is 0.390 e. The van der Waals surface area contributed by atoms with Crippen molar-refractivity contribution in [1.29, 1.82) is 0 Å². The maximum absolute atomic E-state index is 11.8. The number of nitro groups is 1. The van der Waals surface area contributed by atoms with Crippen molar-refractivity contribution in [2.24, 2.45) is 0 Å². The van der Waals surface area contributed by atoms with E-state index in [0.717, 1.165) is 0 Å². The Bertz CT molecular complexity index is 682. The number of rotatable bonds is 6. The van der Waals surface area contributed by atoms with Gasteiger partial charge < -0.3 is 15.4 Å². The molecule has 0 saturated heterocycles. The van der Waals surface area contributed by atoms with E-state index in [4.69, 9.17) is 11.6 Å². The van der Waals surface area contributed by atoms with Crippen LogP contribution in [0.5, 0.6) is 0 Å². The first kappa shape index (κ1) is 16.0. The molecule has 1 heterocycles. The molecule has 116 valence electrons. The smallest absolute Gasteiger partial charge is 0.358 e. The minimum atomic E-state index is -0.531. The lowest BCUT2D eigenvalue weighted by Gasteiger charge is -2.05. The zero-order chi connectivity index (χ0) is 16.1. The van der Waals surface area contributed by atoms with Gasteiger partial charge in [-0.25, -0.2) is 0 Å². The molecule has 22 heavy (non-hydrogen) atoms. The van der Waals surface area contributed by atoms with Crippen LogP contribution in [0.15, 0.2) is 30.3 Å². The summed E-state index contributed by atoms with van der Waals surface area (Å²) in [5.41, 5.74) is 1.38. The fourth-order valence-corrected chi connectivity index (χ4v) is 2.08. The standard InChI is InChI=1S/C14H15ClN4O3/c1-10-9-13(19(21)22)17-18(10)8-2-3-14(20)16-12-6-4-11(15)5-7-12/h4-7,9H,2-3,8H2,1H3,(H,16,20). The van der Waals surface area contributed by atoms with Gasteiger partial charge in [0.2, 0.25) is 5.91 Å². The number of nitrogens with one attached hydrogen (secondary N) is 1. The predicted molar refractivity (Wildman–Crippen MR) is 82.9 cm³/mol. The van der Waals surface area contributed by atoms with Crippen molar-refractivity contribution in [3.63, 3.8) is 0 Å². The first-order valence-corrected chi connectivity index (χ1v) is 7.08. The molecule has 0 aliphatic carbocycles. The van der Waals surface area contributed by atoms with E-state index >= 15 is 0 Å². The highest BCUT2D eigenvalue weighted by molar-refractivity contribution is 6.30. The number of carbonyl (C=O) groups excluding carboxylic acids is 1. The summed E-state index contributed by atoms with van der Waals surface area (Å²) in [5, 5.41) is 17.9. The van der Waals surface area contributed by atoms with Gasteiger partial charge in [-0.1, -0.05) is 11.6 Å². The molecule has 1 aromatic carbocycles. The number of benzene rings is 1. The largest absolute Gasteiger partial charge is 0.390 e. The Morgan fingerprint density at radius 2 is 2.09 bits per heavy atom. The van der Waals surface area contributed by atoms with Crippen molar-refractivity contribution in [1.82, 2.24) is 9.78 Å². The minimum absolute atomic E-state index is 0.123. The van der Waals surface area contributed by atoms with Gasteiger partial charge in [-0.05, 0) is 42.5 Å². The lowest BCUT2D eigenvalue weighted by molar-refractivity contribution is -0.389. The third-order valence-electron chi connectivity index (χ3n) is 3.06. The summed E-state index contributed by atoms with van der Waals surface area (Å²) in [4.78, 5) is 21.9. The van der Waals surface area contributed by atoms with Crippen LogP contribution < -0.4 is 5.32 Å². The van der Waals surface area contributed by atoms with Crippen molar-refractivity contribution >= 4 is 29.0 Å². The third kappa shape index (κ3) is 4.29. The Kier molecular flexibility index (Phi) is 5.11. The van der Waals surface area contributed by atoms with Crippen LogP contribution in [-0.2, 0) is 11.3 Å². The molecule has 2 aromatic rings. The normalized spacial score (nSPS) is 10.5. The van der Waals surface area contributed by atoms with Gasteiger partial charge in [-0.2, -0.15) is 4.68 Å². The number of hydrogen-bond donors (Lipinski definition) is 1. The molecule has 1 N–H and O–H groups in total. The molecular weight excluding hydrogens is 308 g/mol. The average molecular weight is 323 g/mol. The number of amides is 1. The fraction of sp³-hybridized carbons (Fsp3) is 0.286. The average Bonchev–Trinajstić information content (AvgIpc) is 2.83. The second-order valence-corrected chi connectivity index (χ2v) is 5.22. The topological polar surface area (TPSA) is 90.1 Å². The van der Waals surface area contributed by atoms with Crippen molar-refractivity contribution in [2.75, 3.05) is 5.32 Å². The second kappa shape index (κ2) is 7.04. The summed E-state index contributed by atoms with van der Waals surface area (Å²) in [6.07, 6.45) is 0.842. The highest BCUT2D eigenvalue weighted by Crippen LogP contribution is 2.14. The first-order chi connectivity index (χ1) is 10.5. The summed E-state index contributed by atoms with van der Waals surface area (Å²) in [6.45, 7) is 2.20. The summed E-state index contributed by atoms with van der Waals surface area (Å²) in [6, 6.07) is 8.25. The van der Waals surface area contributed by atoms with Gasteiger partial charge in [0.25, 0.3) is 0 Å². The van der Waals surface area contributed by atoms with E-state index in [1.165, 1.54) is 10.7 Å². The quantitative estimate of drug-likeness (QED) is 0.653. The van der Waals surface area contributed by atoms with E-state index in [9.17, 15) is 14.9 Å². The highest BCUT2D eigenvalue weighted by atomic mass is 35.5. The van der Waals surface area contributed by atoms with Crippen LogP contribution in [0.25, 0.3) is 0 Å². The van der Waals surface area contributed by atoms with Crippen molar-refractivity contribution in [3.05, 3.63) is 51.2 Å². The van der Waals surface area contributed by atoms with E-state index in [2.05, 4.69) is 10.4 Å². The van der Waals surface area contributed by atoms with E-state index in [0.29, 0.717) is 35.8 Å². The van der Waals surface area contributed by atoms with Gasteiger partial charge in [0.15, 0.2) is 0 Å². The van der Waals surface area contributed by atoms with Crippen molar-refractivity contribution < 1.29 is 9.72 Å². The van der Waals surface area contributed by atoms with Crippen LogP contribution in [0.1, 0.15) is 18.5 Å². The van der Waals surface area contributed by atoms with Gasteiger partial charge >= 0.3 is 5.82 Å². The molecule has 0 aliphatic rings. The maximum atomic E-state index is 11.8. The number of halogens is 1. The molecular formula is C14H15ClN4O3. The SMILES string of the molecule is Cc1cc([N+](=O)[O-])nn1CCCC(=O)Nc1ccc(Cl)cc1. The summed E-state index contributed by atoms with van der Waals surface area (Å²) < 4.78 is 1.54. The van der Waals surface area contributed by atoms with Crippen molar-refractivity contribution in [3.8, 4) is 0 Å². The molecule has 2 rings (SSSR count). The van der Waals surface area contributed by atoms with Gasteiger partial charge in [-0.3, -0.25) is 4.79 Å². The van der Waals surface area contributed by atoms with E-state index < -0.39 is 4.92 Å². The van der Waals surface area contributed by atoms with Crippen LogP contribution in [0.3, 0.4) is 0 Å². The first-order valence-electron chi connectivity index (χ1n) is 6.70. The molecule has 0 fully saturated rings. The summed E-state index contributed by atoms with van der Waals surface area (Å²) in [7, 11) is 0. The van der Waals surface area contributed by atoms with Gasteiger partial charge in [0.1, 0.15) is 0 Å². The summed E-state index contributed by atoms with van der Waals surface area (Å²) in [5.74, 6) is -0.301. The molecule has 1 aromatic heterocycles. The lowest BCUT2D eigenvalue weighted by Crippen LogP contribution is -2.13. The molecule has 0 saturated carbocycles. The Hall–Kier alpha value is -2.41. The number of hydrogen-bond acceptors (Lipinski definition) is 4. The van der Waals surface area contributed by atoms with E-state index in [1.54, 1.807) is 31.2 Å². The molecule has 0 atom stereocenters. The molecule has 1 amide bonds. The van der Waals surface area contributed by atoms with Gasteiger partial charge in [0.05, 0.1) is 23.4 Å². The lowest BCUT2D eigenvalue weighted by atomic mass is 10.2. The molecule has 0 spiro atoms. The number of nitrogens with zero attached hydrogens (tertiary/aromatic N) is 3. The minimum Gasteiger partial charge on any atom is -0.358 e. The third-order valence-corrected chi connectivity index (χ3v) is 3.31. The number of aryl methyl sites for hydroxylation is 2. The van der Waals surface area contributed by atoms with Gasteiger partial charge in [-0.15, -0.1) is 0 Å². The molecule has 0 unspecified atom stereocenters. The summed E-state index contributed by atoms with van der Waals surface area (Å²) >= 11 is 5.77. The molecule has 0 radical (unpaired) electrons. The molecule has 0 bridgehead atoms. The monoisotopic (exact) mass is 322 g/mol. The Balaban J connectivity index is 1.82. The highest BCUT2D eigenvalue weighted by Gasteiger charge is 2.15. The van der Waals surface area contributed by atoms with Gasteiger partial charge in [0, 0.05) is 17.1 Å². The Morgan fingerprint density at radius 1 is 1.41 bits per heavy atom. The number of aromatic nitrogens is 2. The Morgan fingerprint density at radius 3 is 2.68 bits per heavy atom. The Labute approximate surface area is 132 Å². The van der Waals surface area contributed by atoms with Crippen LogP contribution in [0, 0.1) is 17.0 Å². The van der Waals surface area contributed by atoms with Crippen LogP contribution in [-0.4, -0.2) is 20.6 Å².